The Morgan fingerprint density at radius 2 is 1.93 bits per heavy atom. The molecule has 1 aromatic heterocycles. The Hall–Kier alpha value is -3.52. The predicted octanol–water partition coefficient (Wildman–Crippen LogP) is 4.33. The second-order valence-electron chi connectivity index (χ2n) is 6.30. The van der Waals surface area contributed by atoms with Gasteiger partial charge in [0.1, 0.15) is 11.6 Å². The number of benzene rings is 2. The minimum atomic E-state index is 0.401. The van der Waals surface area contributed by atoms with Crippen LogP contribution in [0.1, 0.15) is 16.8 Å². The maximum absolute atomic E-state index is 8.92. The smallest absolute Gasteiger partial charge is 0.147 e. The molecule has 0 bridgehead atoms. The van der Waals surface area contributed by atoms with Crippen molar-refractivity contribution in [1.29, 1.82) is 5.26 Å². The number of ether oxygens (including phenoxy) is 1. The summed E-state index contributed by atoms with van der Waals surface area (Å²) >= 11 is 0. The molecule has 3 aromatic rings. The summed E-state index contributed by atoms with van der Waals surface area (Å²) in [5.74, 6) is 1.28. The number of hydrogen-bond donors (Lipinski definition) is 2. The minimum absolute atomic E-state index is 0.401. The molecular weight excluding hydrogens is 336 g/mol. The van der Waals surface area contributed by atoms with E-state index in [0.29, 0.717) is 18.8 Å². The number of nitrogens with two attached hydrogens (primary N) is 1. The van der Waals surface area contributed by atoms with Gasteiger partial charge in [-0.05, 0) is 47.9 Å². The molecular formula is C22H22N4O. The van der Waals surface area contributed by atoms with Crippen LogP contribution in [-0.4, -0.2) is 12.1 Å². The molecule has 2 aromatic carbocycles. The highest BCUT2D eigenvalue weighted by Gasteiger charge is 2.08. The van der Waals surface area contributed by atoms with Gasteiger partial charge in [-0.3, -0.25) is 0 Å². The third kappa shape index (κ3) is 4.36. The van der Waals surface area contributed by atoms with Gasteiger partial charge in [0.25, 0.3) is 0 Å². The van der Waals surface area contributed by atoms with Gasteiger partial charge in [-0.2, -0.15) is 5.26 Å². The number of methoxy groups -OCH3 is 1. The Morgan fingerprint density at radius 3 is 2.67 bits per heavy atom. The highest BCUT2D eigenvalue weighted by Crippen LogP contribution is 2.28. The first-order valence-electron chi connectivity index (χ1n) is 8.71. The lowest BCUT2D eigenvalue weighted by Crippen LogP contribution is -2.06. The van der Waals surface area contributed by atoms with Crippen molar-refractivity contribution < 1.29 is 4.74 Å². The number of anilines is 2. The minimum Gasteiger partial charge on any atom is -0.496 e. The van der Waals surface area contributed by atoms with E-state index in [4.69, 9.17) is 15.7 Å². The molecule has 0 radical (unpaired) electrons. The molecule has 3 N–H and O–H groups in total. The molecule has 0 fully saturated rings. The van der Waals surface area contributed by atoms with Gasteiger partial charge in [-0.1, -0.05) is 30.3 Å². The summed E-state index contributed by atoms with van der Waals surface area (Å²) in [5, 5.41) is 12.3. The topological polar surface area (TPSA) is 84.0 Å². The number of nitriles is 1. The third-order valence-corrected chi connectivity index (χ3v) is 4.36. The van der Waals surface area contributed by atoms with Crippen molar-refractivity contribution in [2.75, 3.05) is 18.2 Å². The van der Waals surface area contributed by atoms with Gasteiger partial charge in [0.2, 0.25) is 0 Å². The first-order chi connectivity index (χ1) is 13.1. The number of nitrogen functional groups attached to an aromatic ring is 1. The van der Waals surface area contributed by atoms with Crippen LogP contribution in [0.3, 0.4) is 0 Å². The molecule has 0 atom stereocenters. The summed E-state index contributed by atoms with van der Waals surface area (Å²) in [6.45, 7) is 2.47. The summed E-state index contributed by atoms with van der Waals surface area (Å²) in [6.07, 6.45) is 0.401. The van der Waals surface area contributed by atoms with Gasteiger partial charge >= 0.3 is 0 Å². The maximum atomic E-state index is 8.92. The molecule has 5 nitrogen and oxygen atoms in total. The zero-order chi connectivity index (χ0) is 19.2. The monoisotopic (exact) mass is 358 g/mol. The van der Waals surface area contributed by atoms with E-state index in [1.165, 1.54) is 0 Å². The fourth-order valence-electron chi connectivity index (χ4n) is 2.97. The van der Waals surface area contributed by atoms with Crippen molar-refractivity contribution in [1.82, 2.24) is 4.98 Å². The highest BCUT2D eigenvalue weighted by molar-refractivity contribution is 5.67. The van der Waals surface area contributed by atoms with Gasteiger partial charge < -0.3 is 15.8 Å². The second kappa shape index (κ2) is 8.24. The van der Waals surface area contributed by atoms with Crippen LogP contribution in [0.4, 0.5) is 11.5 Å². The van der Waals surface area contributed by atoms with Crippen LogP contribution >= 0.6 is 0 Å². The van der Waals surface area contributed by atoms with E-state index >= 15 is 0 Å². The van der Waals surface area contributed by atoms with E-state index in [1.54, 1.807) is 7.11 Å². The molecule has 0 saturated carbocycles. The average molecular weight is 358 g/mol. The van der Waals surface area contributed by atoms with E-state index in [9.17, 15) is 0 Å². The number of nitrogens with one attached hydrogen (secondary N) is 1. The molecule has 0 aliphatic carbocycles. The molecule has 1 heterocycles. The molecule has 0 aliphatic rings. The van der Waals surface area contributed by atoms with Gasteiger partial charge in [0.15, 0.2) is 0 Å². The zero-order valence-electron chi connectivity index (χ0n) is 15.5. The fourth-order valence-corrected chi connectivity index (χ4v) is 2.97. The molecule has 0 saturated heterocycles. The lowest BCUT2D eigenvalue weighted by molar-refractivity contribution is 0.410. The van der Waals surface area contributed by atoms with E-state index in [-0.39, 0.29) is 0 Å². The van der Waals surface area contributed by atoms with E-state index in [2.05, 4.69) is 22.4 Å². The van der Waals surface area contributed by atoms with Crippen molar-refractivity contribution in [3.8, 4) is 22.9 Å². The normalized spacial score (nSPS) is 10.3. The van der Waals surface area contributed by atoms with E-state index in [0.717, 1.165) is 39.4 Å². The number of rotatable bonds is 6. The van der Waals surface area contributed by atoms with Crippen LogP contribution in [0.15, 0.2) is 54.6 Å². The first kappa shape index (κ1) is 18.3. The number of nitrogens with zero attached hydrogens (tertiary/aromatic N) is 2. The summed E-state index contributed by atoms with van der Waals surface area (Å²) in [6, 6.07) is 20.1. The average Bonchev–Trinajstić information content (AvgIpc) is 2.67. The van der Waals surface area contributed by atoms with Crippen LogP contribution in [-0.2, 0) is 13.0 Å². The Bertz CT molecular complexity index is 992. The van der Waals surface area contributed by atoms with Gasteiger partial charge in [-0.25, -0.2) is 4.98 Å². The second-order valence-corrected chi connectivity index (χ2v) is 6.30. The third-order valence-electron chi connectivity index (χ3n) is 4.36. The highest BCUT2D eigenvalue weighted by atomic mass is 16.5. The number of hydrogen-bond acceptors (Lipinski definition) is 5. The lowest BCUT2D eigenvalue weighted by atomic mass is 9.99. The van der Waals surface area contributed by atoms with Gasteiger partial charge in [-0.15, -0.1) is 0 Å². The quantitative estimate of drug-likeness (QED) is 0.685. The number of aromatic nitrogens is 1. The zero-order valence-corrected chi connectivity index (χ0v) is 15.5. The molecule has 0 spiro atoms. The molecule has 0 unspecified atom stereocenters. The molecule has 5 heteroatoms. The van der Waals surface area contributed by atoms with Crippen LogP contribution in [0.5, 0.6) is 5.75 Å². The van der Waals surface area contributed by atoms with Crippen LogP contribution < -0.4 is 15.8 Å². The van der Waals surface area contributed by atoms with Crippen molar-refractivity contribution in [2.24, 2.45) is 0 Å². The SMILES string of the molecule is COc1ccc(-c2cccc(CC#N)c2)cc1CNc1ccc(C)nc1N. The number of pyridine rings is 1. The molecule has 3 rings (SSSR count). The number of aryl methyl sites for hydroxylation is 1. The predicted molar refractivity (Wildman–Crippen MR) is 108 cm³/mol. The summed E-state index contributed by atoms with van der Waals surface area (Å²) in [7, 11) is 1.66. The van der Waals surface area contributed by atoms with Crippen molar-refractivity contribution in [3.05, 3.63) is 71.4 Å². The van der Waals surface area contributed by atoms with Crippen molar-refractivity contribution in [2.45, 2.75) is 19.9 Å². The van der Waals surface area contributed by atoms with Crippen LogP contribution in [0, 0.1) is 18.3 Å². The van der Waals surface area contributed by atoms with Gasteiger partial charge in [0.05, 0.1) is 25.3 Å². The van der Waals surface area contributed by atoms with E-state index in [1.807, 2.05) is 55.5 Å². The summed E-state index contributed by atoms with van der Waals surface area (Å²) in [5.41, 5.74) is 11.8. The van der Waals surface area contributed by atoms with Crippen molar-refractivity contribution in [3.63, 3.8) is 0 Å². The van der Waals surface area contributed by atoms with Gasteiger partial charge in [0, 0.05) is 17.8 Å². The maximum Gasteiger partial charge on any atom is 0.147 e. The Balaban J connectivity index is 1.87. The Kier molecular flexibility index (Phi) is 5.58. The van der Waals surface area contributed by atoms with E-state index < -0.39 is 0 Å². The summed E-state index contributed by atoms with van der Waals surface area (Å²) < 4.78 is 5.51. The van der Waals surface area contributed by atoms with Crippen LogP contribution in [0.2, 0.25) is 0 Å². The first-order valence-corrected chi connectivity index (χ1v) is 8.71. The summed E-state index contributed by atoms with van der Waals surface area (Å²) in [4.78, 5) is 4.28. The Labute approximate surface area is 159 Å². The molecule has 0 amide bonds. The molecule has 136 valence electrons. The van der Waals surface area contributed by atoms with Crippen LogP contribution in [0.25, 0.3) is 11.1 Å². The Morgan fingerprint density at radius 1 is 1.11 bits per heavy atom. The fraction of sp³-hybridized carbons (Fsp3) is 0.182. The molecule has 27 heavy (non-hydrogen) atoms. The van der Waals surface area contributed by atoms with Crippen molar-refractivity contribution >= 4 is 11.5 Å². The standard InChI is InChI=1S/C22H22N4O/c1-15-6-8-20(22(24)26-15)25-14-19-13-18(7-9-21(19)27-2)17-5-3-4-16(12-17)10-11-23/h3-9,12-13,25H,10,14H2,1-2H3,(H2,24,26). The molecule has 0 aliphatic heterocycles. The lowest BCUT2D eigenvalue weighted by Gasteiger charge is -2.14. The largest absolute Gasteiger partial charge is 0.496 e.